The van der Waals surface area contributed by atoms with E-state index in [1.54, 1.807) is 18.2 Å². The third-order valence-electron chi connectivity index (χ3n) is 2.75. The fraction of sp³-hybridized carbons (Fsp3) is 0.143. The summed E-state index contributed by atoms with van der Waals surface area (Å²) >= 11 is 11.9. The first kappa shape index (κ1) is 18.8. The molecule has 0 aliphatic rings. The quantitative estimate of drug-likeness (QED) is 0.852. The van der Waals surface area contributed by atoms with Gasteiger partial charge in [0.1, 0.15) is 11.5 Å². The lowest BCUT2D eigenvalue weighted by atomic mass is 10.2. The number of halogens is 2. The lowest BCUT2D eigenvalue weighted by Crippen LogP contribution is -1.98. The standard InChI is InChI=1S/C14H12Cl2O4S.B/c1-21(18,19)11-4-5-13(12(16)7-11)20-14-6-10(15)3-2-9(14)8-17;/h2-7,17H,8H2,1H3;. The van der Waals surface area contributed by atoms with Crippen LogP contribution in [-0.2, 0) is 16.4 Å². The normalized spacial score (nSPS) is 10.9. The molecule has 1 N–H and O–H groups in total. The molecule has 22 heavy (non-hydrogen) atoms. The van der Waals surface area contributed by atoms with Crippen molar-refractivity contribution in [3.63, 3.8) is 0 Å². The summed E-state index contributed by atoms with van der Waals surface area (Å²) in [6.45, 7) is -0.217. The van der Waals surface area contributed by atoms with Crippen LogP contribution in [-0.4, -0.2) is 28.2 Å². The molecular formula is C14H12BCl2O4S. The Kier molecular flexibility index (Phi) is 6.32. The van der Waals surface area contributed by atoms with Gasteiger partial charge in [-0.05, 0) is 30.3 Å². The minimum Gasteiger partial charge on any atom is -0.455 e. The van der Waals surface area contributed by atoms with Crippen LogP contribution < -0.4 is 4.74 Å². The second kappa shape index (κ2) is 7.37. The van der Waals surface area contributed by atoms with Crippen LogP contribution in [0.15, 0.2) is 41.3 Å². The minimum atomic E-state index is -3.34. The Morgan fingerprint density at radius 2 is 1.77 bits per heavy atom. The fourth-order valence-electron chi connectivity index (χ4n) is 1.67. The van der Waals surface area contributed by atoms with Crippen molar-refractivity contribution in [2.24, 2.45) is 0 Å². The Balaban J connectivity index is 0.00000242. The maximum absolute atomic E-state index is 11.4. The van der Waals surface area contributed by atoms with Gasteiger partial charge in [0.25, 0.3) is 0 Å². The molecule has 2 aromatic carbocycles. The van der Waals surface area contributed by atoms with Crippen molar-refractivity contribution in [1.29, 1.82) is 0 Å². The van der Waals surface area contributed by atoms with Gasteiger partial charge in [-0.25, -0.2) is 8.42 Å². The number of aliphatic hydroxyl groups is 1. The summed E-state index contributed by atoms with van der Waals surface area (Å²) in [6.07, 6.45) is 1.10. The average molecular weight is 358 g/mol. The minimum absolute atomic E-state index is 0. The summed E-state index contributed by atoms with van der Waals surface area (Å²) in [5, 5.41) is 9.88. The maximum atomic E-state index is 11.4. The van der Waals surface area contributed by atoms with E-state index in [0.717, 1.165) is 6.26 Å². The zero-order chi connectivity index (χ0) is 15.6. The van der Waals surface area contributed by atoms with Crippen molar-refractivity contribution in [2.75, 3.05) is 6.26 Å². The second-order valence-electron chi connectivity index (χ2n) is 4.38. The number of ether oxygens (including phenoxy) is 1. The molecule has 4 nitrogen and oxygen atoms in total. The van der Waals surface area contributed by atoms with Crippen LogP contribution in [0.5, 0.6) is 11.5 Å². The predicted molar refractivity (Wildman–Crippen MR) is 87.8 cm³/mol. The molecule has 0 amide bonds. The molecule has 0 unspecified atom stereocenters. The van der Waals surface area contributed by atoms with E-state index in [4.69, 9.17) is 27.9 Å². The lowest BCUT2D eigenvalue weighted by Gasteiger charge is -2.12. The number of benzene rings is 2. The molecule has 2 rings (SSSR count). The van der Waals surface area contributed by atoms with Crippen LogP contribution in [0.25, 0.3) is 0 Å². The third-order valence-corrected chi connectivity index (χ3v) is 4.39. The number of sulfone groups is 1. The summed E-state index contributed by atoms with van der Waals surface area (Å²) in [4.78, 5) is 0.105. The average Bonchev–Trinajstić information content (AvgIpc) is 2.40. The molecule has 0 heterocycles. The Morgan fingerprint density at radius 1 is 1.09 bits per heavy atom. The van der Waals surface area contributed by atoms with Gasteiger partial charge in [0, 0.05) is 25.3 Å². The van der Waals surface area contributed by atoms with Crippen molar-refractivity contribution in [3.05, 3.63) is 52.0 Å². The van der Waals surface area contributed by atoms with Crippen molar-refractivity contribution < 1.29 is 18.3 Å². The number of hydrogen-bond donors (Lipinski definition) is 1. The number of hydrogen-bond acceptors (Lipinski definition) is 4. The van der Waals surface area contributed by atoms with Crippen molar-refractivity contribution in [1.82, 2.24) is 0 Å². The highest BCUT2D eigenvalue weighted by Gasteiger charge is 2.13. The molecule has 0 spiro atoms. The van der Waals surface area contributed by atoms with Gasteiger partial charge in [-0.1, -0.05) is 29.3 Å². The molecule has 0 fully saturated rings. The van der Waals surface area contributed by atoms with Crippen LogP contribution in [0.3, 0.4) is 0 Å². The zero-order valence-electron chi connectivity index (χ0n) is 11.6. The van der Waals surface area contributed by atoms with E-state index in [9.17, 15) is 13.5 Å². The summed E-state index contributed by atoms with van der Waals surface area (Å²) in [7, 11) is -3.34. The Labute approximate surface area is 141 Å². The van der Waals surface area contributed by atoms with E-state index >= 15 is 0 Å². The summed E-state index contributed by atoms with van der Waals surface area (Å²) in [6, 6.07) is 8.99. The molecule has 2 aromatic rings. The van der Waals surface area contributed by atoms with E-state index in [2.05, 4.69) is 0 Å². The molecule has 0 aliphatic carbocycles. The van der Waals surface area contributed by atoms with E-state index in [0.29, 0.717) is 16.3 Å². The molecule has 0 atom stereocenters. The van der Waals surface area contributed by atoms with E-state index in [1.165, 1.54) is 18.2 Å². The van der Waals surface area contributed by atoms with Crippen LogP contribution in [0.1, 0.15) is 5.56 Å². The first-order valence-corrected chi connectivity index (χ1v) is 8.53. The van der Waals surface area contributed by atoms with Gasteiger partial charge in [0.15, 0.2) is 9.84 Å². The third kappa shape index (κ3) is 4.40. The molecule has 115 valence electrons. The molecular weight excluding hydrogens is 346 g/mol. The molecule has 3 radical (unpaired) electrons. The Morgan fingerprint density at radius 3 is 2.32 bits per heavy atom. The second-order valence-corrected chi connectivity index (χ2v) is 7.24. The molecule has 0 aromatic heterocycles. The van der Waals surface area contributed by atoms with Gasteiger partial charge in [0.05, 0.1) is 16.5 Å². The lowest BCUT2D eigenvalue weighted by molar-refractivity contribution is 0.276. The van der Waals surface area contributed by atoms with Crippen LogP contribution in [0.2, 0.25) is 10.0 Å². The van der Waals surface area contributed by atoms with Gasteiger partial charge < -0.3 is 9.84 Å². The van der Waals surface area contributed by atoms with Crippen molar-refractivity contribution in [2.45, 2.75) is 11.5 Å². The van der Waals surface area contributed by atoms with Gasteiger partial charge in [-0.15, -0.1) is 0 Å². The SMILES string of the molecule is CS(=O)(=O)c1ccc(Oc2cc(Cl)ccc2CO)c(Cl)c1.[B]. The van der Waals surface area contributed by atoms with Gasteiger partial charge >= 0.3 is 0 Å². The van der Waals surface area contributed by atoms with E-state index < -0.39 is 9.84 Å². The highest BCUT2D eigenvalue weighted by Crippen LogP contribution is 2.34. The summed E-state index contributed by atoms with van der Waals surface area (Å²) in [5.41, 5.74) is 0.544. The predicted octanol–water partition coefficient (Wildman–Crippen LogP) is 3.30. The highest BCUT2D eigenvalue weighted by atomic mass is 35.5. The zero-order valence-corrected chi connectivity index (χ0v) is 13.9. The van der Waals surface area contributed by atoms with Gasteiger partial charge in [-0.2, -0.15) is 0 Å². The molecule has 0 saturated carbocycles. The number of aliphatic hydroxyl groups excluding tert-OH is 1. The molecule has 0 saturated heterocycles. The van der Waals surface area contributed by atoms with Gasteiger partial charge in [0.2, 0.25) is 0 Å². The Hall–Kier alpha value is -1.21. The summed E-state index contributed by atoms with van der Waals surface area (Å²) < 4.78 is 28.5. The van der Waals surface area contributed by atoms with E-state index in [1.807, 2.05) is 0 Å². The first-order chi connectivity index (χ1) is 9.81. The van der Waals surface area contributed by atoms with Crippen LogP contribution in [0, 0.1) is 0 Å². The highest BCUT2D eigenvalue weighted by molar-refractivity contribution is 7.90. The fourth-order valence-corrected chi connectivity index (χ4v) is 2.76. The number of rotatable bonds is 4. The van der Waals surface area contributed by atoms with Crippen LogP contribution >= 0.6 is 23.2 Å². The monoisotopic (exact) mass is 357 g/mol. The smallest absolute Gasteiger partial charge is 0.175 e. The van der Waals surface area contributed by atoms with Crippen molar-refractivity contribution >= 4 is 41.5 Å². The first-order valence-electron chi connectivity index (χ1n) is 5.88. The molecule has 0 bridgehead atoms. The van der Waals surface area contributed by atoms with Crippen molar-refractivity contribution in [3.8, 4) is 11.5 Å². The Bertz CT molecular complexity index is 778. The van der Waals surface area contributed by atoms with E-state index in [-0.39, 0.29) is 30.7 Å². The maximum Gasteiger partial charge on any atom is 0.175 e. The molecule has 8 heteroatoms. The largest absolute Gasteiger partial charge is 0.455 e. The molecule has 0 aliphatic heterocycles. The topological polar surface area (TPSA) is 63.6 Å². The van der Waals surface area contributed by atoms with Gasteiger partial charge in [-0.3, -0.25) is 0 Å². The van der Waals surface area contributed by atoms with Crippen LogP contribution in [0.4, 0.5) is 0 Å². The summed E-state index contributed by atoms with van der Waals surface area (Å²) in [5.74, 6) is 0.639.